The molecule has 1 aromatic carbocycles. The van der Waals surface area contributed by atoms with E-state index in [1.165, 1.54) is 0 Å². The van der Waals surface area contributed by atoms with Crippen LogP contribution in [0.5, 0.6) is 0 Å². The van der Waals surface area contributed by atoms with Gasteiger partial charge < -0.3 is 12.0 Å². The topological polar surface area (TPSA) is 60.9 Å². The van der Waals surface area contributed by atoms with E-state index in [1.807, 2.05) is 5.01 Å². The molecule has 1 saturated heterocycles. The predicted octanol–water partition coefficient (Wildman–Crippen LogP) is 2.15. The molecular weight excluding hydrogens is 472 g/mol. The standard InChI is InChI=1S/C15H19N2O3S.W/c1-2-16-9-3-4-14(18)17(16)10-11-21-13-7-5-12(6-8-13)15(19)20;/h5-8H,1-4,9-11H2,(H,19,20);/q-1;. The van der Waals surface area contributed by atoms with Gasteiger partial charge in [0.15, 0.2) is 0 Å². The number of hydrogen-bond acceptors (Lipinski definition) is 4. The molecule has 22 heavy (non-hydrogen) atoms. The van der Waals surface area contributed by atoms with Crippen LogP contribution in [0.25, 0.3) is 0 Å². The molecule has 1 amide bonds. The Hall–Kier alpha value is -0.842. The first-order chi connectivity index (χ1) is 10.1. The molecule has 0 aliphatic carbocycles. The van der Waals surface area contributed by atoms with E-state index >= 15 is 0 Å². The quantitative estimate of drug-likeness (QED) is 0.489. The Kier molecular flexibility index (Phi) is 8.15. The van der Waals surface area contributed by atoms with Crippen molar-refractivity contribution >= 4 is 23.6 Å². The van der Waals surface area contributed by atoms with E-state index in [0.717, 1.165) is 23.6 Å². The van der Waals surface area contributed by atoms with Crippen LogP contribution in [0, 0.1) is 6.92 Å². The van der Waals surface area contributed by atoms with Gasteiger partial charge >= 0.3 is 5.97 Å². The Bertz CT molecular complexity index is 510. The third-order valence-corrected chi connectivity index (χ3v) is 4.36. The number of hydrazine groups is 1. The molecule has 1 heterocycles. The van der Waals surface area contributed by atoms with E-state index in [-0.39, 0.29) is 32.5 Å². The van der Waals surface area contributed by atoms with Crippen molar-refractivity contribution in [1.82, 2.24) is 10.0 Å². The van der Waals surface area contributed by atoms with Gasteiger partial charge in [-0.1, -0.05) is 0 Å². The van der Waals surface area contributed by atoms with Gasteiger partial charge in [0, 0.05) is 51.2 Å². The van der Waals surface area contributed by atoms with Crippen LogP contribution < -0.4 is 0 Å². The monoisotopic (exact) mass is 491 g/mol. The fraction of sp³-hybridized carbons (Fsp3) is 0.400. The molecule has 120 valence electrons. The molecule has 1 aliphatic rings. The summed E-state index contributed by atoms with van der Waals surface area (Å²) >= 11 is 1.62. The second kappa shape index (κ2) is 9.33. The molecule has 0 atom stereocenters. The van der Waals surface area contributed by atoms with Crippen LogP contribution in [0.2, 0.25) is 0 Å². The van der Waals surface area contributed by atoms with Crippen molar-refractivity contribution in [2.24, 2.45) is 0 Å². The summed E-state index contributed by atoms with van der Waals surface area (Å²) in [5, 5.41) is 12.6. The smallest absolute Gasteiger partial charge is 0.335 e. The molecule has 1 N–H and O–H groups in total. The predicted molar refractivity (Wildman–Crippen MR) is 82.0 cm³/mol. The van der Waals surface area contributed by atoms with Gasteiger partial charge in [0.25, 0.3) is 0 Å². The molecule has 0 unspecified atom stereocenters. The molecule has 0 radical (unpaired) electrons. The van der Waals surface area contributed by atoms with E-state index in [0.29, 0.717) is 19.5 Å². The number of thioether (sulfide) groups is 1. The average molecular weight is 491 g/mol. The second-order valence-electron chi connectivity index (χ2n) is 4.75. The molecule has 1 aromatic rings. The number of nitrogens with zero attached hydrogens (tertiary/aromatic N) is 2. The van der Waals surface area contributed by atoms with Crippen LogP contribution >= 0.6 is 11.8 Å². The maximum atomic E-state index is 11.9. The molecule has 5 nitrogen and oxygen atoms in total. The van der Waals surface area contributed by atoms with Gasteiger partial charge in [-0.2, -0.15) is 0 Å². The van der Waals surface area contributed by atoms with Crippen LogP contribution in [0.3, 0.4) is 0 Å². The van der Waals surface area contributed by atoms with Crippen molar-refractivity contribution in [2.75, 3.05) is 25.4 Å². The first-order valence-corrected chi connectivity index (χ1v) is 7.91. The summed E-state index contributed by atoms with van der Waals surface area (Å²) in [5.74, 6) is 0.0116. The number of amides is 1. The third kappa shape index (κ3) is 5.11. The number of aromatic carboxylic acids is 1. The summed E-state index contributed by atoms with van der Waals surface area (Å²) in [6, 6.07) is 6.79. The Balaban J connectivity index is 0.00000242. The van der Waals surface area contributed by atoms with E-state index in [9.17, 15) is 9.59 Å². The number of carbonyl (C=O) groups is 2. The first kappa shape index (κ1) is 19.2. The second-order valence-corrected chi connectivity index (χ2v) is 5.92. The van der Waals surface area contributed by atoms with Gasteiger partial charge in [0.05, 0.1) is 5.56 Å². The molecule has 0 aromatic heterocycles. The van der Waals surface area contributed by atoms with Crippen molar-refractivity contribution in [3.05, 3.63) is 36.8 Å². The van der Waals surface area contributed by atoms with Gasteiger partial charge in [-0.05, 0) is 30.7 Å². The van der Waals surface area contributed by atoms with Crippen LogP contribution in [-0.2, 0) is 25.9 Å². The van der Waals surface area contributed by atoms with Crippen molar-refractivity contribution in [3.63, 3.8) is 0 Å². The number of rotatable bonds is 6. The SMILES string of the molecule is [CH2-]CN1CCCC(=O)N1CCSc1ccc(C(=O)O)cc1.[W]. The first-order valence-electron chi connectivity index (χ1n) is 6.92. The number of hydrogen-bond donors (Lipinski definition) is 1. The molecule has 1 aliphatic heterocycles. The minimum atomic E-state index is -0.920. The van der Waals surface area contributed by atoms with Crippen molar-refractivity contribution in [2.45, 2.75) is 17.7 Å². The van der Waals surface area contributed by atoms with Crippen molar-refractivity contribution < 1.29 is 35.8 Å². The third-order valence-electron chi connectivity index (χ3n) is 3.37. The fourth-order valence-corrected chi connectivity index (χ4v) is 3.09. The number of benzene rings is 1. The molecule has 0 saturated carbocycles. The molecule has 0 bridgehead atoms. The molecule has 1 fully saturated rings. The van der Waals surface area contributed by atoms with Crippen molar-refractivity contribution in [1.29, 1.82) is 0 Å². The summed E-state index contributed by atoms with van der Waals surface area (Å²) < 4.78 is 0. The maximum absolute atomic E-state index is 11.9. The average Bonchev–Trinajstić information content (AvgIpc) is 2.49. The van der Waals surface area contributed by atoms with Gasteiger partial charge in [-0.15, -0.1) is 18.3 Å². The Morgan fingerprint density at radius 3 is 2.59 bits per heavy atom. The van der Waals surface area contributed by atoms with Crippen molar-refractivity contribution in [3.8, 4) is 0 Å². The normalized spacial score (nSPS) is 15.5. The summed E-state index contributed by atoms with van der Waals surface area (Å²) in [6.07, 6.45) is 1.50. The summed E-state index contributed by atoms with van der Waals surface area (Å²) in [5.41, 5.74) is 0.286. The van der Waals surface area contributed by atoms with Crippen LogP contribution in [0.4, 0.5) is 0 Å². The zero-order valence-corrected chi connectivity index (χ0v) is 16.0. The number of carboxylic acid groups (broad SMARTS) is 1. The molecule has 7 heteroatoms. The summed E-state index contributed by atoms with van der Waals surface area (Å²) in [4.78, 5) is 23.7. The van der Waals surface area contributed by atoms with Gasteiger partial charge in [0.2, 0.25) is 5.91 Å². The zero-order valence-electron chi connectivity index (χ0n) is 12.2. The largest absolute Gasteiger partial charge is 0.478 e. The van der Waals surface area contributed by atoms with Crippen LogP contribution in [0.1, 0.15) is 23.2 Å². The molecule has 0 spiro atoms. The van der Waals surface area contributed by atoms with Gasteiger partial charge in [-0.25, -0.2) is 9.80 Å². The van der Waals surface area contributed by atoms with E-state index in [4.69, 9.17) is 5.11 Å². The molecule has 2 rings (SSSR count). The van der Waals surface area contributed by atoms with Crippen LogP contribution in [0.15, 0.2) is 29.2 Å². The zero-order chi connectivity index (χ0) is 15.2. The Morgan fingerprint density at radius 1 is 1.32 bits per heavy atom. The number of carboxylic acids is 1. The maximum Gasteiger partial charge on any atom is 0.335 e. The Labute approximate surface area is 149 Å². The minimum absolute atomic E-state index is 0. The Morgan fingerprint density at radius 2 is 2.00 bits per heavy atom. The summed E-state index contributed by atoms with van der Waals surface area (Å²) in [6.45, 7) is 5.99. The van der Waals surface area contributed by atoms with Gasteiger partial charge in [-0.3, -0.25) is 9.80 Å². The van der Waals surface area contributed by atoms with E-state index in [1.54, 1.807) is 41.0 Å². The fourth-order valence-electron chi connectivity index (χ4n) is 2.26. The minimum Gasteiger partial charge on any atom is -0.478 e. The van der Waals surface area contributed by atoms with E-state index < -0.39 is 5.97 Å². The number of carbonyl (C=O) groups excluding carboxylic acids is 1. The van der Waals surface area contributed by atoms with Crippen LogP contribution in [-0.4, -0.2) is 52.4 Å². The molecular formula is C15H19N2O3SW-. The van der Waals surface area contributed by atoms with E-state index in [2.05, 4.69) is 6.92 Å². The van der Waals surface area contributed by atoms with Gasteiger partial charge in [0.1, 0.15) is 0 Å². The summed E-state index contributed by atoms with van der Waals surface area (Å²) in [7, 11) is 0.